The first-order chi connectivity index (χ1) is 7.79. The predicted molar refractivity (Wildman–Crippen MR) is 62.3 cm³/mol. The van der Waals surface area contributed by atoms with E-state index < -0.39 is 0 Å². The van der Waals surface area contributed by atoms with Crippen LogP contribution in [0, 0.1) is 0 Å². The molecule has 1 aromatic heterocycles. The first kappa shape index (κ1) is 10.7. The highest BCUT2D eigenvalue weighted by Crippen LogP contribution is 2.19. The van der Waals surface area contributed by atoms with Gasteiger partial charge in [-0.05, 0) is 35.7 Å². The Labute approximate surface area is 97.2 Å². The van der Waals surface area contributed by atoms with E-state index >= 15 is 0 Å². The highest BCUT2D eigenvalue weighted by molar-refractivity contribution is 7.12. The monoisotopic (exact) mass is 234 g/mol. The van der Waals surface area contributed by atoms with Crippen LogP contribution in [0.25, 0.3) is 0 Å². The molecule has 2 aromatic rings. The Bertz CT molecular complexity index is 460. The van der Waals surface area contributed by atoms with Crippen molar-refractivity contribution in [2.45, 2.75) is 0 Å². The summed E-state index contributed by atoms with van der Waals surface area (Å²) in [5.74, 6) is 0.912. The number of methoxy groups -OCH3 is 1. The van der Waals surface area contributed by atoms with Gasteiger partial charge in [0.05, 0.1) is 7.11 Å². The molecule has 0 aliphatic carbocycles. The SMILES string of the molecule is COc1ccc(OC(=O)c2cccs2)cc1. The zero-order chi connectivity index (χ0) is 11.4. The van der Waals surface area contributed by atoms with Gasteiger partial charge in [-0.15, -0.1) is 11.3 Å². The summed E-state index contributed by atoms with van der Waals surface area (Å²) >= 11 is 1.36. The molecule has 0 fully saturated rings. The Morgan fingerprint density at radius 3 is 2.38 bits per heavy atom. The van der Waals surface area contributed by atoms with Gasteiger partial charge in [0.1, 0.15) is 16.4 Å². The van der Waals surface area contributed by atoms with Crippen molar-refractivity contribution < 1.29 is 14.3 Å². The molecular formula is C12H10O3S. The molecule has 0 bridgehead atoms. The minimum atomic E-state index is -0.333. The summed E-state index contributed by atoms with van der Waals surface area (Å²) in [6.07, 6.45) is 0. The van der Waals surface area contributed by atoms with E-state index in [1.165, 1.54) is 11.3 Å². The summed E-state index contributed by atoms with van der Waals surface area (Å²) in [6.45, 7) is 0. The van der Waals surface area contributed by atoms with Crippen LogP contribution in [-0.4, -0.2) is 13.1 Å². The van der Waals surface area contributed by atoms with E-state index in [2.05, 4.69) is 0 Å². The minimum absolute atomic E-state index is 0.333. The second kappa shape index (κ2) is 4.81. The van der Waals surface area contributed by atoms with Gasteiger partial charge in [-0.1, -0.05) is 6.07 Å². The number of hydrogen-bond donors (Lipinski definition) is 0. The number of thiophene rings is 1. The van der Waals surface area contributed by atoms with Crippen LogP contribution in [-0.2, 0) is 0 Å². The van der Waals surface area contributed by atoms with E-state index in [4.69, 9.17) is 9.47 Å². The van der Waals surface area contributed by atoms with Gasteiger partial charge in [-0.3, -0.25) is 0 Å². The van der Waals surface area contributed by atoms with Gasteiger partial charge in [0.25, 0.3) is 0 Å². The summed E-state index contributed by atoms with van der Waals surface area (Å²) in [6, 6.07) is 10.4. The number of benzene rings is 1. The molecule has 0 spiro atoms. The number of hydrogen-bond acceptors (Lipinski definition) is 4. The number of ether oxygens (including phenoxy) is 2. The average Bonchev–Trinajstić information content (AvgIpc) is 2.83. The molecule has 0 aliphatic heterocycles. The van der Waals surface area contributed by atoms with Gasteiger partial charge in [-0.25, -0.2) is 4.79 Å². The fourth-order valence-corrected chi connectivity index (χ4v) is 1.79. The van der Waals surface area contributed by atoms with E-state index in [1.54, 1.807) is 37.4 Å². The lowest BCUT2D eigenvalue weighted by Crippen LogP contribution is -2.05. The molecule has 0 saturated carbocycles. The topological polar surface area (TPSA) is 35.5 Å². The largest absolute Gasteiger partial charge is 0.497 e. The Hall–Kier alpha value is -1.81. The molecule has 0 amide bonds. The highest BCUT2D eigenvalue weighted by atomic mass is 32.1. The lowest BCUT2D eigenvalue weighted by atomic mass is 10.3. The van der Waals surface area contributed by atoms with E-state index in [-0.39, 0.29) is 5.97 Å². The van der Waals surface area contributed by atoms with E-state index in [1.807, 2.05) is 11.4 Å². The molecule has 16 heavy (non-hydrogen) atoms. The molecule has 0 saturated heterocycles. The van der Waals surface area contributed by atoms with Gasteiger partial charge >= 0.3 is 5.97 Å². The Morgan fingerprint density at radius 2 is 1.81 bits per heavy atom. The first-order valence-corrected chi connectivity index (χ1v) is 5.57. The smallest absolute Gasteiger partial charge is 0.353 e. The van der Waals surface area contributed by atoms with Crippen molar-refractivity contribution in [2.24, 2.45) is 0 Å². The van der Waals surface area contributed by atoms with Crippen LogP contribution in [0.1, 0.15) is 9.67 Å². The number of esters is 1. The maximum absolute atomic E-state index is 11.6. The molecule has 1 aromatic carbocycles. The summed E-state index contributed by atoms with van der Waals surface area (Å²) in [7, 11) is 1.59. The predicted octanol–water partition coefficient (Wildman–Crippen LogP) is 2.98. The molecule has 0 aliphatic rings. The molecule has 0 radical (unpaired) electrons. The zero-order valence-corrected chi connectivity index (χ0v) is 9.49. The zero-order valence-electron chi connectivity index (χ0n) is 8.67. The van der Waals surface area contributed by atoms with Gasteiger partial charge in [-0.2, -0.15) is 0 Å². The van der Waals surface area contributed by atoms with Gasteiger partial charge in [0.15, 0.2) is 0 Å². The van der Waals surface area contributed by atoms with Crippen LogP contribution in [0.3, 0.4) is 0 Å². The summed E-state index contributed by atoms with van der Waals surface area (Å²) in [5, 5.41) is 1.84. The first-order valence-electron chi connectivity index (χ1n) is 4.69. The Kier molecular flexibility index (Phi) is 3.22. The lowest BCUT2D eigenvalue weighted by molar-refractivity contribution is 0.0739. The van der Waals surface area contributed by atoms with Crippen molar-refractivity contribution in [1.82, 2.24) is 0 Å². The molecular weight excluding hydrogens is 224 g/mol. The van der Waals surface area contributed by atoms with E-state index in [0.717, 1.165) is 5.75 Å². The quantitative estimate of drug-likeness (QED) is 0.605. The average molecular weight is 234 g/mol. The van der Waals surface area contributed by atoms with Crippen molar-refractivity contribution >= 4 is 17.3 Å². The summed E-state index contributed by atoms with van der Waals surface area (Å²) < 4.78 is 10.2. The third-order valence-corrected chi connectivity index (χ3v) is 2.84. The molecule has 0 N–H and O–H groups in total. The van der Waals surface area contributed by atoms with E-state index in [0.29, 0.717) is 10.6 Å². The van der Waals surface area contributed by atoms with Gasteiger partial charge in [0, 0.05) is 0 Å². The van der Waals surface area contributed by atoms with Crippen LogP contribution >= 0.6 is 11.3 Å². The fraction of sp³-hybridized carbons (Fsp3) is 0.0833. The second-order valence-electron chi connectivity index (χ2n) is 3.04. The molecule has 0 unspecified atom stereocenters. The fourth-order valence-electron chi connectivity index (χ4n) is 1.20. The van der Waals surface area contributed by atoms with Crippen LogP contribution in [0.5, 0.6) is 11.5 Å². The van der Waals surface area contributed by atoms with Crippen LogP contribution in [0.4, 0.5) is 0 Å². The van der Waals surface area contributed by atoms with Crippen molar-refractivity contribution in [3.63, 3.8) is 0 Å². The van der Waals surface area contributed by atoms with Crippen LogP contribution < -0.4 is 9.47 Å². The van der Waals surface area contributed by atoms with Crippen molar-refractivity contribution in [2.75, 3.05) is 7.11 Å². The number of rotatable bonds is 3. The van der Waals surface area contributed by atoms with Crippen molar-refractivity contribution in [1.29, 1.82) is 0 Å². The standard InChI is InChI=1S/C12H10O3S/c1-14-9-4-6-10(7-5-9)15-12(13)11-3-2-8-16-11/h2-8H,1H3. The second-order valence-corrected chi connectivity index (χ2v) is 3.99. The Morgan fingerprint density at radius 1 is 1.12 bits per heavy atom. The normalized spacial score (nSPS) is 9.81. The minimum Gasteiger partial charge on any atom is -0.497 e. The maximum Gasteiger partial charge on any atom is 0.353 e. The van der Waals surface area contributed by atoms with Gasteiger partial charge in [0.2, 0.25) is 0 Å². The number of carbonyl (C=O) groups excluding carboxylic acids is 1. The number of carbonyl (C=O) groups is 1. The molecule has 82 valence electrons. The molecule has 0 atom stereocenters. The van der Waals surface area contributed by atoms with Gasteiger partial charge < -0.3 is 9.47 Å². The molecule has 4 heteroatoms. The maximum atomic E-state index is 11.6. The van der Waals surface area contributed by atoms with Crippen molar-refractivity contribution in [3.8, 4) is 11.5 Å². The van der Waals surface area contributed by atoms with Crippen molar-refractivity contribution in [3.05, 3.63) is 46.7 Å². The Balaban J connectivity index is 2.06. The van der Waals surface area contributed by atoms with E-state index in [9.17, 15) is 4.79 Å². The summed E-state index contributed by atoms with van der Waals surface area (Å²) in [4.78, 5) is 12.2. The lowest BCUT2D eigenvalue weighted by Gasteiger charge is -2.03. The highest BCUT2D eigenvalue weighted by Gasteiger charge is 2.08. The third-order valence-electron chi connectivity index (χ3n) is 1.99. The van der Waals surface area contributed by atoms with Crippen LogP contribution in [0.15, 0.2) is 41.8 Å². The molecule has 1 heterocycles. The van der Waals surface area contributed by atoms with Crippen LogP contribution in [0.2, 0.25) is 0 Å². The summed E-state index contributed by atoms with van der Waals surface area (Å²) in [5.41, 5.74) is 0. The third kappa shape index (κ3) is 2.41. The molecule has 2 rings (SSSR count). The molecule has 3 nitrogen and oxygen atoms in total.